The number of nitrogens with one attached hydrogen (secondary N) is 1. The minimum absolute atomic E-state index is 0.261. The molecular formula is C15H23NO. The molecule has 0 bridgehead atoms. The lowest BCUT2D eigenvalue weighted by atomic mass is 9.87. The zero-order chi connectivity index (χ0) is 12.3. The van der Waals surface area contributed by atoms with Gasteiger partial charge in [0.15, 0.2) is 0 Å². The van der Waals surface area contributed by atoms with Gasteiger partial charge in [0.1, 0.15) is 0 Å². The number of aliphatic hydroxyl groups excluding tert-OH is 1. The molecule has 1 aromatic carbocycles. The van der Waals surface area contributed by atoms with Crippen molar-refractivity contribution in [3.63, 3.8) is 0 Å². The summed E-state index contributed by atoms with van der Waals surface area (Å²) in [6.07, 6.45) is 3.51. The van der Waals surface area contributed by atoms with E-state index in [1.165, 1.54) is 24.0 Å². The van der Waals surface area contributed by atoms with Crippen LogP contribution in [0.25, 0.3) is 0 Å². The van der Waals surface area contributed by atoms with Gasteiger partial charge in [-0.05, 0) is 43.2 Å². The summed E-state index contributed by atoms with van der Waals surface area (Å²) in [7, 11) is 0. The number of rotatable bonds is 4. The molecule has 0 aromatic heterocycles. The van der Waals surface area contributed by atoms with Crippen LogP contribution in [0.1, 0.15) is 31.4 Å². The van der Waals surface area contributed by atoms with Crippen LogP contribution in [0.15, 0.2) is 24.3 Å². The zero-order valence-electron chi connectivity index (χ0n) is 10.8. The summed E-state index contributed by atoms with van der Waals surface area (Å²) in [6, 6.07) is 9.68. The standard InChI is InChI=1S/C15H23NO/c1-11(10-17)12(2)16-15-8-7-13-5-3-4-6-14(13)9-15/h3-6,11-12,15-17H,7-10H2,1-2H3. The monoisotopic (exact) mass is 233 g/mol. The van der Waals surface area contributed by atoms with E-state index in [1.54, 1.807) is 0 Å². The molecular weight excluding hydrogens is 210 g/mol. The minimum Gasteiger partial charge on any atom is -0.396 e. The van der Waals surface area contributed by atoms with E-state index in [-0.39, 0.29) is 6.61 Å². The van der Waals surface area contributed by atoms with Crippen molar-refractivity contribution in [2.45, 2.75) is 45.2 Å². The molecule has 2 rings (SSSR count). The second-order valence-corrected chi connectivity index (χ2v) is 5.32. The first-order valence-electron chi connectivity index (χ1n) is 6.64. The molecule has 0 heterocycles. The van der Waals surface area contributed by atoms with Gasteiger partial charge in [-0.2, -0.15) is 0 Å². The molecule has 17 heavy (non-hydrogen) atoms. The number of aliphatic hydroxyl groups is 1. The van der Waals surface area contributed by atoms with E-state index in [4.69, 9.17) is 5.11 Å². The first-order valence-corrected chi connectivity index (χ1v) is 6.64. The highest BCUT2D eigenvalue weighted by atomic mass is 16.3. The molecule has 0 spiro atoms. The molecule has 1 aliphatic rings. The summed E-state index contributed by atoms with van der Waals surface area (Å²) in [4.78, 5) is 0. The zero-order valence-corrected chi connectivity index (χ0v) is 10.8. The van der Waals surface area contributed by atoms with Crippen molar-refractivity contribution in [2.24, 2.45) is 5.92 Å². The fraction of sp³-hybridized carbons (Fsp3) is 0.600. The van der Waals surface area contributed by atoms with Crippen molar-refractivity contribution in [3.8, 4) is 0 Å². The highest BCUT2D eigenvalue weighted by Gasteiger charge is 2.21. The fourth-order valence-electron chi connectivity index (χ4n) is 2.53. The van der Waals surface area contributed by atoms with Crippen LogP contribution < -0.4 is 5.32 Å². The van der Waals surface area contributed by atoms with Gasteiger partial charge >= 0.3 is 0 Å². The van der Waals surface area contributed by atoms with Crippen LogP contribution in [0.4, 0.5) is 0 Å². The summed E-state index contributed by atoms with van der Waals surface area (Å²) >= 11 is 0. The number of aryl methyl sites for hydroxylation is 1. The summed E-state index contributed by atoms with van der Waals surface area (Å²) in [5.41, 5.74) is 2.99. The predicted octanol–water partition coefficient (Wildman–Crippen LogP) is 2.15. The fourth-order valence-corrected chi connectivity index (χ4v) is 2.53. The van der Waals surface area contributed by atoms with Gasteiger partial charge < -0.3 is 10.4 Å². The third kappa shape index (κ3) is 3.08. The molecule has 2 heteroatoms. The average Bonchev–Trinajstić information content (AvgIpc) is 2.37. The third-order valence-corrected chi connectivity index (χ3v) is 3.99. The maximum absolute atomic E-state index is 9.15. The molecule has 0 fully saturated rings. The maximum atomic E-state index is 9.15. The van der Waals surface area contributed by atoms with Crippen molar-refractivity contribution in [3.05, 3.63) is 35.4 Å². The molecule has 1 aromatic rings. The number of fused-ring (bicyclic) bond motifs is 1. The van der Waals surface area contributed by atoms with E-state index in [0.717, 1.165) is 6.42 Å². The Kier molecular flexibility index (Phi) is 4.19. The average molecular weight is 233 g/mol. The molecule has 1 aliphatic carbocycles. The van der Waals surface area contributed by atoms with E-state index in [9.17, 15) is 0 Å². The van der Waals surface area contributed by atoms with Crippen molar-refractivity contribution in [1.82, 2.24) is 5.32 Å². The Balaban J connectivity index is 1.94. The van der Waals surface area contributed by atoms with Crippen molar-refractivity contribution >= 4 is 0 Å². The first kappa shape index (κ1) is 12.6. The van der Waals surface area contributed by atoms with Crippen molar-refractivity contribution in [1.29, 1.82) is 0 Å². The highest BCUT2D eigenvalue weighted by molar-refractivity contribution is 5.30. The Hall–Kier alpha value is -0.860. The summed E-state index contributed by atoms with van der Waals surface area (Å²) in [5, 5.41) is 12.8. The van der Waals surface area contributed by atoms with Crippen LogP contribution in [0.3, 0.4) is 0 Å². The van der Waals surface area contributed by atoms with E-state index in [0.29, 0.717) is 18.0 Å². The second-order valence-electron chi connectivity index (χ2n) is 5.32. The summed E-state index contributed by atoms with van der Waals surface area (Å²) in [6.45, 7) is 4.52. The van der Waals surface area contributed by atoms with E-state index in [1.807, 2.05) is 0 Å². The number of hydrogen-bond acceptors (Lipinski definition) is 2. The number of hydrogen-bond donors (Lipinski definition) is 2. The summed E-state index contributed by atoms with van der Waals surface area (Å²) < 4.78 is 0. The van der Waals surface area contributed by atoms with Gasteiger partial charge in [0.25, 0.3) is 0 Å². The molecule has 0 aliphatic heterocycles. The molecule has 2 N–H and O–H groups in total. The third-order valence-electron chi connectivity index (χ3n) is 3.99. The van der Waals surface area contributed by atoms with Crippen LogP contribution in [-0.4, -0.2) is 23.8 Å². The minimum atomic E-state index is 0.261. The lowest BCUT2D eigenvalue weighted by Gasteiger charge is -2.30. The van der Waals surface area contributed by atoms with Crippen LogP contribution in [0.2, 0.25) is 0 Å². The Morgan fingerprint density at radius 3 is 2.71 bits per heavy atom. The molecule has 94 valence electrons. The van der Waals surface area contributed by atoms with E-state index in [2.05, 4.69) is 43.4 Å². The van der Waals surface area contributed by atoms with Crippen LogP contribution >= 0.6 is 0 Å². The van der Waals surface area contributed by atoms with Gasteiger partial charge in [0.05, 0.1) is 0 Å². The highest BCUT2D eigenvalue weighted by Crippen LogP contribution is 2.21. The Morgan fingerprint density at radius 1 is 1.29 bits per heavy atom. The van der Waals surface area contributed by atoms with Gasteiger partial charge in [0.2, 0.25) is 0 Å². The normalized spacial score (nSPS) is 22.9. The predicted molar refractivity (Wildman–Crippen MR) is 71.1 cm³/mol. The topological polar surface area (TPSA) is 32.3 Å². The quantitative estimate of drug-likeness (QED) is 0.835. The van der Waals surface area contributed by atoms with Crippen molar-refractivity contribution < 1.29 is 5.11 Å². The number of benzene rings is 1. The first-order chi connectivity index (χ1) is 8.20. The van der Waals surface area contributed by atoms with Crippen LogP contribution in [-0.2, 0) is 12.8 Å². The lowest BCUT2D eigenvalue weighted by Crippen LogP contribution is -2.43. The Bertz CT molecular complexity index is 364. The Labute approximate surface area is 104 Å². The largest absolute Gasteiger partial charge is 0.396 e. The lowest BCUT2D eigenvalue weighted by molar-refractivity contribution is 0.198. The molecule has 0 saturated carbocycles. The van der Waals surface area contributed by atoms with Gasteiger partial charge in [0, 0.05) is 18.7 Å². The Morgan fingerprint density at radius 2 is 2.00 bits per heavy atom. The van der Waals surface area contributed by atoms with E-state index < -0.39 is 0 Å². The van der Waals surface area contributed by atoms with E-state index >= 15 is 0 Å². The van der Waals surface area contributed by atoms with Gasteiger partial charge in [-0.1, -0.05) is 31.2 Å². The van der Waals surface area contributed by atoms with Gasteiger partial charge in [-0.3, -0.25) is 0 Å². The second kappa shape index (κ2) is 5.65. The van der Waals surface area contributed by atoms with Gasteiger partial charge in [-0.25, -0.2) is 0 Å². The molecule has 2 nitrogen and oxygen atoms in total. The smallest absolute Gasteiger partial charge is 0.0471 e. The van der Waals surface area contributed by atoms with Crippen molar-refractivity contribution in [2.75, 3.05) is 6.61 Å². The summed E-state index contributed by atoms with van der Waals surface area (Å²) in [5.74, 6) is 0.326. The van der Waals surface area contributed by atoms with Crippen LogP contribution in [0, 0.1) is 5.92 Å². The molecule has 0 amide bonds. The molecule has 0 radical (unpaired) electrons. The maximum Gasteiger partial charge on any atom is 0.0471 e. The molecule has 3 unspecified atom stereocenters. The SMILES string of the molecule is CC(CO)C(C)NC1CCc2ccccc2C1. The van der Waals surface area contributed by atoms with Gasteiger partial charge in [-0.15, -0.1) is 0 Å². The molecule has 3 atom stereocenters. The molecule has 0 saturated heterocycles. The van der Waals surface area contributed by atoms with Crippen LogP contribution in [0.5, 0.6) is 0 Å².